The second kappa shape index (κ2) is 6.48. The Kier molecular flexibility index (Phi) is 4.69. The van der Waals surface area contributed by atoms with Gasteiger partial charge in [-0.05, 0) is 42.2 Å². The first-order chi connectivity index (χ1) is 9.60. The van der Waals surface area contributed by atoms with Gasteiger partial charge in [0, 0.05) is 0 Å². The molecule has 0 aliphatic heterocycles. The first-order valence-electron chi connectivity index (χ1n) is 6.63. The molecular formula is C16H18N2OS. The Morgan fingerprint density at radius 1 is 1.20 bits per heavy atom. The van der Waals surface area contributed by atoms with E-state index in [1.165, 1.54) is 5.56 Å². The Morgan fingerprint density at radius 2 is 1.85 bits per heavy atom. The lowest BCUT2D eigenvalue weighted by atomic mass is 9.99. The fourth-order valence-corrected chi connectivity index (χ4v) is 1.94. The van der Waals surface area contributed by atoms with Gasteiger partial charge in [0.25, 0.3) is 0 Å². The van der Waals surface area contributed by atoms with Gasteiger partial charge in [0.1, 0.15) is 16.5 Å². The minimum absolute atomic E-state index is 0.287. The molecular weight excluding hydrogens is 268 g/mol. The molecule has 1 aromatic heterocycles. The van der Waals surface area contributed by atoms with Crippen molar-refractivity contribution in [2.24, 2.45) is 5.73 Å². The number of aromatic nitrogens is 1. The zero-order chi connectivity index (χ0) is 14.5. The van der Waals surface area contributed by atoms with Gasteiger partial charge in [0.15, 0.2) is 0 Å². The van der Waals surface area contributed by atoms with E-state index in [9.17, 15) is 0 Å². The molecule has 3 nitrogen and oxygen atoms in total. The average Bonchev–Trinajstić information content (AvgIpc) is 2.48. The summed E-state index contributed by atoms with van der Waals surface area (Å²) >= 11 is 4.86. The summed E-state index contributed by atoms with van der Waals surface area (Å²) in [5, 5.41) is 0. The van der Waals surface area contributed by atoms with Crippen molar-refractivity contribution < 1.29 is 4.74 Å². The third-order valence-corrected chi connectivity index (χ3v) is 3.50. The highest BCUT2D eigenvalue weighted by Crippen LogP contribution is 2.24. The fourth-order valence-electron chi connectivity index (χ4n) is 1.82. The maximum atomic E-state index is 5.73. The number of benzene rings is 1. The van der Waals surface area contributed by atoms with Crippen molar-refractivity contribution in [3.8, 4) is 11.5 Å². The summed E-state index contributed by atoms with van der Waals surface area (Å²) in [7, 11) is 0. The van der Waals surface area contributed by atoms with Gasteiger partial charge in [-0.25, -0.2) is 4.98 Å². The van der Waals surface area contributed by atoms with Crippen molar-refractivity contribution in [3.63, 3.8) is 0 Å². The first kappa shape index (κ1) is 14.5. The van der Waals surface area contributed by atoms with E-state index in [1.807, 2.05) is 18.2 Å². The average molecular weight is 286 g/mol. The molecule has 0 aliphatic rings. The second-order valence-electron chi connectivity index (χ2n) is 4.72. The molecule has 2 rings (SSSR count). The van der Waals surface area contributed by atoms with Crippen molar-refractivity contribution in [2.45, 2.75) is 26.2 Å². The van der Waals surface area contributed by atoms with Crippen LogP contribution in [0.3, 0.4) is 0 Å². The summed E-state index contributed by atoms with van der Waals surface area (Å²) in [6.45, 7) is 4.40. The second-order valence-corrected chi connectivity index (χ2v) is 5.16. The van der Waals surface area contributed by atoms with E-state index >= 15 is 0 Å². The first-order valence-corrected chi connectivity index (χ1v) is 7.04. The van der Waals surface area contributed by atoms with E-state index in [1.54, 1.807) is 12.3 Å². The summed E-state index contributed by atoms with van der Waals surface area (Å²) in [5.74, 6) is 2.03. The summed E-state index contributed by atoms with van der Waals surface area (Å²) in [6, 6.07) is 11.7. The number of thiocarbonyl (C=S) groups is 1. The van der Waals surface area contributed by atoms with Gasteiger partial charge in [0.2, 0.25) is 0 Å². The van der Waals surface area contributed by atoms with Crippen LogP contribution in [-0.2, 0) is 0 Å². The predicted molar refractivity (Wildman–Crippen MR) is 85.3 cm³/mol. The van der Waals surface area contributed by atoms with Gasteiger partial charge in [-0.15, -0.1) is 0 Å². The lowest BCUT2D eigenvalue weighted by molar-refractivity contribution is 0.480. The summed E-state index contributed by atoms with van der Waals surface area (Å²) in [4.78, 5) is 4.43. The number of hydrogen-bond donors (Lipinski definition) is 1. The van der Waals surface area contributed by atoms with Gasteiger partial charge < -0.3 is 10.5 Å². The van der Waals surface area contributed by atoms with Crippen LogP contribution in [0.15, 0.2) is 42.6 Å². The highest BCUT2D eigenvalue weighted by molar-refractivity contribution is 7.80. The Balaban J connectivity index is 2.08. The van der Waals surface area contributed by atoms with Crippen LogP contribution < -0.4 is 10.5 Å². The quantitative estimate of drug-likeness (QED) is 0.843. The standard InChI is InChI=1S/C16H18N2OS/c1-3-11(2)12-4-6-13(7-5-12)19-14-8-9-15(16(17)20)18-10-14/h4-11H,3H2,1-2H3,(H2,17,20). The molecule has 20 heavy (non-hydrogen) atoms. The number of rotatable bonds is 5. The molecule has 0 saturated heterocycles. The maximum Gasteiger partial charge on any atom is 0.145 e. The third kappa shape index (κ3) is 3.54. The van der Waals surface area contributed by atoms with Gasteiger partial charge in [-0.2, -0.15) is 0 Å². The lowest BCUT2D eigenvalue weighted by Crippen LogP contribution is -2.10. The summed E-state index contributed by atoms with van der Waals surface area (Å²) in [5.41, 5.74) is 7.42. The Labute approximate surface area is 124 Å². The van der Waals surface area contributed by atoms with E-state index in [0.717, 1.165) is 12.2 Å². The minimum Gasteiger partial charge on any atom is -0.456 e. The Morgan fingerprint density at radius 3 is 2.35 bits per heavy atom. The molecule has 1 atom stereocenters. The maximum absolute atomic E-state index is 5.73. The zero-order valence-corrected chi connectivity index (χ0v) is 12.5. The van der Waals surface area contributed by atoms with Crippen LogP contribution in [0, 0.1) is 0 Å². The number of pyridine rings is 1. The molecule has 1 unspecified atom stereocenters. The topological polar surface area (TPSA) is 48.1 Å². The van der Waals surface area contributed by atoms with Crippen molar-refractivity contribution in [2.75, 3.05) is 0 Å². The normalized spacial score (nSPS) is 11.9. The van der Waals surface area contributed by atoms with Crippen LogP contribution in [0.25, 0.3) is 0 Å². The monoisotopic (exact) mass is 286 g/mol. The summed E-state index contributed by atoms with van der Waals surface area (Å²) in [6.07, 6.45) is 2.75. The largest absolute Gasteiger partial charge is 0.456 e. The van der Waals surface area contributed by atoms with Crippen LogP contribution in [-0.4, -0.2) is 9.97 Å². The number of nitrogens with zero attached hydrogens (tertiary/aromatic N) is 1. The van der Waals surface area contributed by atoms with E-state index < -0.39 is 0 Å². The molecule has 0 aliphatic carbocycles. The summed E-state index contributed by atoms with van der Waals surface area (Å²) < 4.78 is 5.73. The van der Waals surface area contributed by atoms with E-state index in [4.69, 9.17) is 22.7 Å². The predicted octanol–water partition coefficient (Wildman–Crippen LogP) is 4.02. The molecule has 0 fully saturated rings. The molecule has 4 heteroatoms. The molecule has 0 bridgehead atoms. The van der Waals surface area contributed by atoms with E-state index in [2.05, 4.69) is 31.0 Å². The van der Waals surface area contributed by atoms with Crippen molar-refractivity contribution in [1.29, 1.82) is 0 Å². The van der Waals surface area contributed by atoms with Gasteiger partial charge in [0.05, 0.1) is 11.9 Å². The molecule has 2 aromatic rings. The van der Waals surface area contributed by atoms with Crippen molar-refractivity contribution >= 4 is 17.2 Å². The van der Waals surface area contributed by atoms with E-state index in [-0.39, 0.29) is 4.99 Å². The lowest BCUT2D eigenvalue weighted by Gasteiger charge is -2.10. The molecule has 2 N–H and O–H groups in total. The van der Waals surface area contributed by atoms with Crippen LogP contribution in [0.1, 0.15) is 37.4 Å². The molecule has 1 heterocycles. The third-order valence-electron chi connectivity index (χ3n) is 3.29. The number of hydrogen-bond acceptors (Lipinski definition) is 3. The molecule has 0 spiro atoms. The van der Waals surface area contributed by atoms with E-state index in [0.29, 0.717) is 17.4 Å². The highest BCUT2D eigenvalue weighted by atomic mass is 32.1. The minimum atomic E-state index is 0.287. The highest BCUT2D eigenvalue weighted by Gasteiger charge is 2.04. The van der Waals surface area contributed by atoms with Crippen LogP contribution >= 0.6 is 12.2 Å². The Bertz CT molecular complexity index is 578. The van der Waals surface area contributed by atoms with Crippen LogP contribution in [0.5, 0.6) is 11.5 Å². The molecule has 1 aromatic carbocycles. The molecule has 104 valence electrons. The molecule has 0 radical (unpaired) electrons. The smallest absolute Gasteiger partial charge is 0.145 e. The fraction of sp³-hybridized carbons (Fsp3) is 0.250. The van der Waals surface area contributed by atoms with Gasteiger partial charge >= 0.3 is 0 Å². The van der Waals surface area contributed by atoms with Gasteiger partial charge in [-0.1, -0.05) is 38.2 Å². The van der Waals surface area contributed by atoms with Crippen LogP contribution in [0.2, 0.25) is 0 Å². The van der Waals surface area contributed by atoms with Crippen molar-refractivity contribution in [1.82, 2.24) is 4.98 Å². The Hall–Kier alpha value is -1.94. The van der Waals surface area contributed by atoms with Gasteiger partial charge in [-0.3, -0.25) is 0 Å². The molecule has 0 amide bonds. The molecule has 0 saturated carbocycles. The van der Waals surface area contributed by atoms with Crippen molar-refractivity contribution in [3.05, 3.63) is 53.9 Å². The van der Waals surface area contributed by atoms with Crippen LogP contribution in [0.4, 0.5) is 0 Å². The zero-order valence-electron chi connectivity index (χ0n) is 11.7. The SMILES string of the molecule is CCC(C)c1ccc(Oc2ccc(C(N)=S)nc2)cc1. The number of nitrogens with two attached hydrogens (primary N) is 1. The number of ether oxygens (including phenoxy) is 1.